The molecular formula is C12H16N2S2. The molecule has 2 rings (SSSR count). The first-order valence-electron chi connectivity index (χ1n) is 5.39. The molecule has 4 heteroatoms. The van der Waals surface area contributed by atoms with Crippen molar-refractivity contribution in [3.63, 3.8) is 0 Å². The predicted octanol–water partition coefficient (Wildman–Crippen LogP) is 3.68. The highest BCUT2D eigenvalue weighted by Gasteiger charge is 2.08. The zero-order chi connectivity index (χ0) is 11.5. The van der Waals surface area contributed by atoms with Crippen molar-refractivity contribution in [2.75, 3.05) is 0 Å². The molecule has 0 unspecified atom stereocenters. The monoisotopic (exact) mass is 252 g/mol. The molecule has 0 aliphatic heterocycles. The summed E-state index contributed by atoms with van der Waals surface area (Å²) in [6.45, 7) is 7.31. The minimum Gasteiger partial charge on any atom is -0.308 e. The summed E-state index contributed by atoms with van der Waals surface area (Å²) < 4.78 is 0. The molecule has 0 saturated heterocycles. The van der Waals surface area contributed by atoms with E-state index in [9.17, 15) is 0 Å². The van der Waals surface area contributed by atoms with Gasteiger partial charge in [0.05, 0.1) is 10.6 Å². The SMILES string of the molecule is Cc1ccsc1-c1csc(CNC(C)C)n1. The van der Waals surface area contributed by atoms with E-state index in [0.29, 0.717) is 6.04 Å². The van der Waals surface area contributed by atoms with Gasteiger partial charge in [-0.1, -0.05) is 13.8 Å². The molecule has 0 saturated carbocycles. The number of thiophene rings is 1. The van der Waals surface area contributed by atoms with Gasteiger partial charge in [-0.2, -0.15) is 0 Å². The summed E-state index contributed by atoms with van der Waals surface area (Å²) in [6, 6.07) is 2.65. The summed E-state index contributed by atoms with van der Waals surface area (Å²) in [5, 5.41) is 8.82. The minimum absolute atomic E-state index is 0.510. The van der Waals surface area contributed by atoms with E-state index in [0.717, 1.165) is 17.2 Å². The first-order valence-corrected chi connectivity index (χ1v) is 7.15. The van der Waals surface area contributed by atoms with Gasteiger partial charge in [0.1, 0.15) is 5.01 Å². The van der Waals surface area contributed by atoms with Gasteiger partial charge in [0, 0.05) is 18.0 Å². The fraction of sp³-hybridized carbons (Fsp3) is 0.417. The fourth-order valence-corrected chi connectivity index (χ4v) is 3.12. The third kappa shape index (κ3) is 2.70. The molecule has 0 spiro atoms. The van der Waals surface area contributed by atoms with Crippen LogP contribution in [-0.4, -0.2) is 11.0 Å². The lowest BCUT2D eigenvalue weighted by Crippen LogP contribution is -2.21. The Kier molecular flexibility index (Phi) is 3.74. The highest BCUT2D eigenvalue weighted by Crippen LogP contribution is 2.29. The molecule has 2 aromatic heterocycles. The molecule has 0 fully saturated rings. The maximum atomic E-state index is 4.65. The molecule has 16 heavy (non-hydrogen) atoms. The van der Waals surface area contributed by atoms with Crippen LogP contribution in [0.25, 0.3) is 10.6 Å². The third-order valence-electron chi connectivity index (χ3n) is 2.31. The Labute approximate surface area is 104 Å². The normalized spacial score (nSPS) is 11.2. The van der Waals surface area contributed by atoms with E-state index in [2.05, 4.69) is 47.9 Å². The summed E-state index contributed by atoms with van der Waals surface area (Å²) in [6.07, 6.45) is 0. The van der Waals surface area contributed by atoms with Gasteiger partial charge in [0.2, 0.25) is 0 Å². The third-order valence-corrected chi connectivity index (χ3v) is 4.20. The van der Waals surface area contributed by atoms with Crippen LogP contribution in [0, 0.1) is 6.92 Å². The second-order valence-corrected chi connectivity index (χ2v) is 5.95. The molecule has 1 N–H and O–H groups in total. The average Bonchev–Trinajstić information content (AvgIpc) is 2.83. The van der Waals surface area contributed by atoms with Gasteiger partial charge in [0.25, 0.3) is 0 Å². The zero-order valence-electron chi connectivity index (χ0n) is 9.78. The molecular weight excluding hydrogens is 236 g/mol. The van der Waals surface area contributed by atoms with Gasteiger partial charge >= 0.3 is 0 Å². The van der Waals surface area contributed by atoms with Crippen LogP contribution in [0.3, 0.4) is 0 Å². The summed E-state index contributed by atoms with van der Waals surface area (Å²) in [4.78, 5) is 5.95. The number of nitrogens with zero attached hydrogens (tertiary/aromatic N) is 1. The van der Waals surface area contributed by atoms with E-state index >= 15 is 0 Å². The Hall–Kier alpha value is -0.710. The van der Waals surface area contributed by atoms with E-state index in [1.807, 2.05) is 0 Å². The van der Waals surface area contributed by atoms with Crippen molar-refractivity contribution in [1.29, 1.82) is 0 Å². The van der Waals surface area contributed by atoms with E-state index < -0.39 is 0 Å². The molecule has 0 atom stereocenters. The first kappa shape index (κ1) is 11.8. The van der Waals surface area contributed by atoms with E-state index in [1.165, 1.54) is 10.4 Å². The van der Waals surface area contributed by atoms with Gasteiger partial charge in [-0.05, 0) is 23.9 Å². The predicted molar refractivity (Wildman–Crippen MR) is 72.1 cm³/mol. The Morgan fingerprint density at radius 3 is 2.81 bits per heavy atom. The van der Waals surface area contributed by atoms with E-state index in [4.69, 9.17) is 0 Å². The number of rotatable bonds is 4. The highest BCUT2D eigenvalue weighted by atomic mass is 32.1. The second-order valence-electron chi connectivity index (χ2n) is 4.09. The van der Waals surface area contributed by atoms with E-state index in [-0.39, 0.29) is 0 Å². The van der Waals surface area contributed by atoms with Crippen LogP contribution in [-0.2, 0) is 6.54 Å². The second kappa shape index (κ2) is 5.08. The first-order chi connectivity index (χ1) is 7.66. The van der Waals surface area contributed by atoms with Crippen LogP contribution in [0.2, 0.25) is 0 Å². The quantitative estimate of drug-likeness (QED) is 0.898. The van der Waals surface area contributed by atoms with Gasteiger partial charge in [-0.15, -0.1) is 22.7 Å². The van der Waals surface area contributed by atoms with Crippen LogP contribution in [0.5, 0.6) is 0 Å². The van der Waals surface area contributed by atoms with Gasteiger partial charge in [-0.25, -0.2) is 4.98 Å². The summed E-state index contributed by atoms with van der Waals surface area (Å²) >= 11 is 3.50. The molecule has 0 aromatic carbocycles. The van der Waals surface area contributed by atoms with Crippen molar-refractivity contribution >= 4 is 22.7 Å². The van der Waals surface area contributed by atoms with Gasteiger partial charge < -0.3 is 5.32 Å². The minimum atomic E-state index is 0.510. The standard InChI is InChI=1S/C12H16N2S2/c1-8(2)13-6-11-14-10(7-16-11)12-9(3)4-5-15-12/h4-5,7-8,13H,6H2,1-3H3. The number of aryl methyl sites for hydroxylation is 1. The Balaban J connectivity index is 2.11. The number of hydrogen-bond donors (Lipinski definition) is 1. The fourth-order valence-electron chi connectivity index (χ4n) is 1.42. The number of hydrogen-bond acceptors (Lipinski definition) is 4. The van der Waals surface area contributed by atoms with Crippen molar-refractivity contribution < 1.29 is 0 Å². The highest BCUT2D eigenvalue weighted by molar-refractivity contribution is 7.14. The smallest absolute Gasteiger partial charge is 0.107 e. The van der Waals surface area contributed by atoms with Crippen LogP contribution >= 0.6 is 22.7 Å². The van der Waals surface area contributed by atoms with Crippen molar-refractivity contribution in [2.24, 2.45) is 0 Å². The molecule has 0 aliphatic carbocycles. The lowest BCUT2D eigenvalue weighted by molar-refractivity contribution is 0.587. The van der Waals surface area contributed by atoms with Gasteiger partial charge in [-0.3, -0.25) is 0 Å². The summed E-state index contributed by atoms with van der Waals surface area (Å²) in [5.74, 6) is 0. The van der Waals surface area contributed by atoms with Crippen LogP contribution in [0.15, 0.2) is 16.8 Å². The lowest BCUT2D eigenvalue weighted by atomic mass is 10.2. The topological polar surface area (TPSA) is 24.9 Å². The Morgan fingerprint density at radius 2 is 2.19 bits per heavy atom. The molecule has 2 nitrogen and oxygen atoms in total. The van der Waals surface area contributed by atoms with Crippen molar-refractivity contribution in [3.8, 4) is 10.6 Å². The van der Waals surface area contributed by atoms with Crippen molar-refractivity contribution in [3.05, 3.63) is 27.4 Å². The lowest BCUT2D eigenvalue weighted by Gasteiger charge is -2.04. The largest absolute Gasteiger partial charge is 0.308 e. The van der Waals surface area contributed by atoms with Crippen molar-refractivity contribution in [1.82, 2.24) is 10.3 Å². The summed E-state index contributed by atoms with van der Waals surface area (Å²) in [5.41, 5.74) is 2.44. The Bertz CT molecular complexity index is 457. The van der Waals surface area contributed by atoms with Gasteiger partial charge in [0.15, 0.2) is 0 Å². The average molecular weight is 252 g/mol. The molecule has 0 amide bonds. The number of nitrogens with one attached hydrogen (secondary N) is 1. The molecule has 0 radical (unpaired) electrons. The molecule has 2 aromatic rings. The molecule has 0 bridgehead atoms. The maximum absolute atomic E-state index is 4.65. The number of aromatic nitrogens is 1. The zero-order valence-corrected chi connectivity index (χ0v) is 11.4. The number of thiazole rings is 1. The molecule has 0 aliphatic rings. The maximum Gasteiger partial charge on any atom is 0.107 e. The van der Waals surface area contributed by atoms with Crippen LogP contribution < -0.4 is 5.32 Å². The molecule has 86 valence electrons. The van der Waals surface area contributed by atoms with Crippen LogP contribution in [0.1, 0.15) is 24.4 Å². The molecule has 2 heterocycles. The van der Waals surface area contributed by atoms with E-state index in [1.54, 1.807) is 22.7 Å². The summed E-state index contributed by atoms with van der Waals surface area (Å²) in [7, 11) is 0. The van der Waals surface area contributed by atoms with Crippen molar-refractivity contribution in [2.45, 2.75) is 33.4 Å². The van der Waals surface area contributed by atoms with Crippen LogP contribution in [0.4, 0.5) is 0 Å². The Morgan fingerprint density at radius 1 is 1.38 bits per heavy atom.